The summed E-state index contributed by atoms with van der Waals surface area (Å²) in [7, 11) is 2.17. The van der Waals surface area contributed by atoms with Gasteiger partial charge in [-0.15, -0.1) is 0 Å². The zero-order valence-electron chi connectivity index (χ0n) is 15.2. The third kappa shape index (κ3) is 3.93. The van der Waals surface area contributed by atoms with Gasteiger partial charge in [0.15, 0.2) is 0 Å². The van der Waals surface area contributed by atoms with Crippen molar-refractivity contribution in [3.8, 4) is 0 Å². The van der Waals surface area contributed by atoms with Gasteiger partial charge in [-0.1, -0.05) is 37.3 Å². The summed E-state index contributed by atoms with van der Waals surface area (Å²) in [6.07, 6.45) is 6.43. The van der Waals surface area contributed by atoms with E-state index in [2.05, 4.69) is 52.7 Å². The van der Waals surface area contributed by atoms with Crippen LogP contribution in [0.4, 0.5) is 0 Å². The largest absolute Gasteiger partial charge is 0.353 e. The van der Waals surface area contributed by atoms with Crippen LogP contribution in [-0.2, 0) is 10.2 Å². The number of amides is 1. The van der Waals surface area contributed by atoms with Gasteiger partial charge in [0.05, 0.1) is 0 Å². The molecule has 1 amide bonds. The van der Waals surface area contributed by atoms with E-state index >= 15 is 0 Å². The first-order chi connectivity index (χ1) is 12.1. The SMILES string of the molecule is CCC(C(=O)NCC1(c2ccccc2)CCN(C)CC1)n1cccn1. The number of benzene rings is 1. The molecule has 1 aliphatic heterocycles. The topological polar surface area (TPSA) is 50.2 Å². The Labute approximate surface area is 150 Å². The van der Waals surface area contributed by atoms with Gasteiger partial charge >= 0.3 is 0 Å². The molecule has 2 heterocycles. The van der Waals surface area contributed by atoms with Crippen molar-refractivity contribution in [1.29, 1.82) is 0 Å². The number of carbonyl (C=O) groups excluding carboxylic acids is 1. The van der Waals surface area contributed by atoms with E-state index in [0.717, 1.165) is 32.4 Å². The summed E-state index contributed by atoms with van der Waals surface area (Å²) in [6, 6.07) is 12.2. The Kier molecular flexibility index (Phi) is 5.53. The summed E-state index contributed by atoms with van der Waals surface area (Å²) in [6.45, 7) is 4.82. The van der Waals surface area contributed by atoms with E-state index in [-0.39, 0.29) is 17.4 Å². The van der Waals surface area contributed by atoms with Crippen LogP contribution in [0.2, 0.25) is 0 Å². The molecule has 1 unspecified atom stereocenters. The van der Waals surface area contributed by atoms with Gasteiger partial charge in [-0.3, -0.25) is 9.48 Å². The van der Waals surface area contributed by atoms with Crippen LogP contribution >= 0.6 is 0 Å². The minimum atomic E-state index is -0.242. The number of hydrogen-bond acceptors (Lipinski definition) is 3. The van der Waals surface area contributed by atoms with Gasteiger partial charge in [-0.25, -0.2) is 0 Å². The maximum Gasteiger partial charge on any atom is 0.244 e. The van der Waals surface area contributed by atoms with Crippen LogP contribution in [-0.4, -0.2) is 47.3 Å². The summed E-state index contributed by atoms with van der Waals surface area (Å²) in [5, 5.41) is 7.47. The van der Waals surface area contributed by atoms with E-state index in [1.54, 1.807) is 10.9 Å². The summed E-state index contributed by atoms with van der Waals surface area (Å²) < 4.78 is 1.75. The number of nitrogens with zero attached hydrogens (tertiary/aromatic N) is 3. The highest BCUT2D eigenvalue weighted by Crippen LogP contribution is 2.34. The molecule has 5 nitrogen and oxygen atoms in total. The van der Waals surface area contributed by atoms with Crippen molar-refractivity contribution in [2.24, 2.45) is 0 Å². The Morgan fingerprint density at radius 1 is 1.24 bits per heavy atom. The Morgan fingerprint density at radius 3 is 2.56 bits per heavy atom. The van der Waals surface area contributed by atoms with Crippen LogP contribution in [0.5, 0.6) is 0 Å². The molecule has 0 aliphatic carbocycles. The smallest absolute Gasteiger partial charge is 0.244 e. The highest BCUT2D eigenvalue weighted by molar-refractivity contribution is 5.80. The van der Waals surface area contributed by atoms with Gasteiger partial charge in [0.1, 0.15) is 6.04 Å². The molecule has 134 valence electrons. The second kappa shape index (κ2) is 7.83. The minimum Gasteiger partial charge on any atom is -0.353 e. The molecule has 1 fully saturated rings. The average molecular weight is 340 g/mol. The lowest BCUT2D eigenvalue weighted by atomic mass is 9.72. The normalized spacial score (nSPS) is 18.6. The molecule has 1 atom stereocenters. The zero-order chi connectivity index (χ0) is 17.7. The van der Waals surface area contributed by atoms with Crippen molar-refractivity contribution >= 4 is 5.91 Å². The highest BCUT2D eigenvalue weighted by atomic mass is 16.2. The van der Waals surface area contributed by atoms with Crippen LogP contribution in [0.25, 0.3) is 0 Å². The second-order valence-corrected chi connectivity index (χ2v) is 7.08. The van der Waals surface area contributed by atoms with E-state index in [9.17, 15) is 4.79 Å². The minimum absolute atomic E-state index is 0.0197. The van der Waals surface area contributed by atoms with E-state index in [0.29, 0.717) is 6.54 Å². The number of likely N-dealkylation sites (tertiary alicyclic amines) is 1. The van der Waals surface area contributed by atoms with Gasteiger partial charge in [0.2, 0.25) is 5.91 Å². The summed E-state index contributed by atoms with van der Waals surface area (Å²) in [4.78, 5) is 15.1. The van der Waals surface area contributed by atoms with Gasteiger partial charge < -0.3 is 10.2 Å². The molecule has 1 saturated heterocycles. The number of nitrogens with one attached hydrogen (secondary N) is 1. The fourth-order valence-electron chi connectivity index (χ4n) is 3.74. The molecular formula is C20H28N4O. The van der Waals surface area contributed by atoms with Crippen LogP contribution in [0.15, 0.2) is 48.8 Å². The molecular weight excluding hydrogens is 312 g/mol. The van der Waals surface area contributed by atoms with Crippen molar-refractivity contribution in [3.63, 3.8) is 0 Å². The van der Waals surface area contributed by atoms with Gasteiger partial charge in [-0.2, -0.15) is 5.10 Å². The maximum absolute atomic E-state index is 12.8. The maximum atomic E-state index is 12.8. The van der Waals surface area contributed by atoms with Crippen molar-refractivity contribution in [1.82, 2.24) is 20.0 Å². The standard InChI is InChI=1S/C20H28N4O/c1-3-18(24-13-7-12-22-24)19(25)21-16-20(10-14-23(2)15-11-20)17-8-5-4-6-9-17/h4-9,12-13,18H,3,10-11,14-16H2,1-2H3,(H,21,25). The second-order valence-electron chi connectivity index (χ2n) is 7.08. The zero-order valence-corrected chi connectivity index (χ0v) is 15.2. The molecule has 0 radical (unpaired) electrons. The average Bonchev–Trinajstić information content (AvgIpc) is 3.17. The van der Waals surface area contributed by atoms with E-state index in [4.69, 9.17) is 0 Å². The molecule has 0 bridgehead atoms. The van der Waals surface area contributed by atoms with E-state index in [1.165, 1.54) is 5.56 Å². The molecule has 0 saturated carbocycles. The van der Waals surface area contributed by atoms with Crippen LogP contribution in [0.3, 0.4) is 0 Å². The summed E-state index contributed by atoms with van der Waals surface area (Å²) in [5.41, 5.74) is 1.35. The van der Waals surface area contributed by atoms with Crippen molar-refractivity contribution in [3.05, 3.63) is 54.4 Å². The third-order valence-corrected chi connectivity index (χ3v) is 5.46. The number of aromatic nitrogens is 2. The van der Waals surface area contributed by atoms with Crippen molar-refractivity contribution < 1.29 is 4.79 Å². The lowest BCUT2D eigenvalue weighted by Gasteiger charge is -2.41. The quantitative estimate of drug-likeness (QED) is 0.879. The lowest BCUT2D eigenvalue weighted by Crippen LogP contribution is -2.49. The van der Waals surface area contributed by atoms with E-state index in [1.807, 2.05) is 19.2 Å². The monoisotopic (exact) mass is 340 g/mol. The van der Waals surface area contributed by atoms with Crippen LogP contribution in [0, 0.1) is 0 Å². The molecule has 1 N–H and O–H groups in total. The number of piperidine rings is 1. The number of carbonyl (C=O) groups is 1. The van der Waals surface area contributed by atoms with Crippen LogP contribution < -0.4 is 5.32 Å². The van der Waals surface area contributed by atoms with Gasteiger partial charge in [-0.05, 0) is 51.0 Å². The van der Waals surface area contributed by atoms with E-state index < -0.39 is 0 Å². The number of rotatable bonds is 6. The molecule has 1 aromatic carbocycles. The van der Waals surface area contributed by atoms with Crippen molar-refractivity contribution in [2.75, 3.05) is 26.7 Å². The first-order valence-corrected chi connectivity index (χ1v) is 9.15. The number of hydrogen-bond donors (Lipinski definition) is 1. The molecule has 1 aromatic heterocycles. The molecule has 3 rings (SSSR count). The fraction of sp³-hybridized carbons (Fsp3) is 0.500. The summed E-state index contributed by atoms with van der Waals surface area (Å²) >= 11 is 0. The Morgan fingerprint density at radius 2 is 1.96 bits per heavy atom. The Balaban J connectivity index is 1.74. The predicted octanol–water partition coefficient (Wildman–Crippen LogP) is 2.61. The highest BCUT2D eigenvalue weighted by Gasteiger charge is 2.36. The lowest BCUT2D eigenvalue weighted by molar-refractivity contribution is -0.125. The molecule has 0 spiro atoms. The van der Waals surface area contributed by atoms with Crippen LogP contribution in [0.1, 0.15) is 37.8 Å². The third-order valence-electron chi connectivity index (χ3n) is 5.46. The first-order valence-electron chi connectivity index (χ1n) is 9.15. The van der Waals surface area contributed by atoms with Crippen molar-refractivity contribution in [2.45, 2.75) is 37.6 Å². The molecule has 25 heavy (non-hydrogen) atoms. The van der Waals surface area contributed by atoms with Gasteiger partial charge in [0.25, 0.3) is 0 Å². The fourth-order valence-corrected chi connectivity index (χ4v) is 3.74. The molecule has 2 aromatic rings. The summed E-state index contributed by atoms with van der Waals surface area (Å²) in [5.74, 6) is 0.0560. The predicted molar refractivity (Wildman–Crippen MR) is 99.4 cm³/mol. The molecule has 1 aliphatic rings. The van der Waals surface area contributed by atoms with Gasteiger partial charge in [0, 0.05) is 24.4 Å². The Bertz CT molecular complexity index is 660. The first kappa shape index (κ1) is 17.7. The Hall–Kier alpha value is -2.14. The molecule has 5 heteroatoms.